The number of hydrogen-bond acceptors (Lipinski definition) is 7. The summed E-state index contributed by atoms with van der Waals surface area (Å²) in [6.07, 6.45) is 3.62. The lowest BCUT2D eigenvalue weighted by Gasteiger charge is -2.38. The second-order valence-corrected chi connectivity index (χ2v) is 8.40. The Bertz CT molecular complexity index is 1130. The Morgan fingerprint density at radius 3 is 2.68 bits per heavy atom. The molecule has 1 aromatic carbocycles. The third kappa shape index (κ3) is 2.32. The second kappa shape index (κ2) is 5.97. The van der Waals surface area contributed by atoms with Gasteiger partial charge in [-0.05, 0) is 43.7 Å². The normalized spacial score (nSPS) is 22.4. The molecule has 5 rings (SSSR count). The maximum atomic E-state index is 6.27. The van der Waals surface area contributed by atoms with E-state index < -0.39 is 5.54 Å². The lowest BCUT2D eigenvalue weighted by atomic mass is 9.77. The summed E-state index contributed by atoms with van der Waals surface area (Å²) in [4.78, 5) is 13.6. The van der Waals surface area contributed by atoms with Crippen LogP contribution in [-0.4, -0.2) is 20.4 Å². The zero-order valence-electron chi connectivity index (χ0n) is 15.5. The first-order valence-electron chi connectivity index (χ1n) is 9.01. The number of anilines is 1. The van der Waals surface area contributed by atoms with Crippen LogP contribution in [0.15, 0.2) is 53.8 Å². The number of nitrogens with zero attached hydrogens (tertiary/aromatic N) is 3. The number of amidine groups is 1. The number of benzene rings is 1. The maximum Gasteiger partial charge on any atom is 0.155 e. The number of nitrogens with two attached hydrogens (primary N) is 2. The van der Waals surface area contributed by atoms with E-state index in [9.17, 15) is 0 Å². The molecule has 28 heavy (non-hydrogen) atoms. The van der Waals surface area contributed by atoms with Gasteiger partial charge in [0.25, 0.3) is 0 Å². The summed E-state index contributed by atoms with van der Waals surface area (Å²) in [5, 5.41) is 0.644. The minimum Gasteiger partial charge on any atom is -0.455 e. The molecule has 6 nitrogen and oxygen atoms in total. The van der Waals surface area contributed by atoms with E-state index in [-0.39, 0.29) is 5.25 Å². The molecule has 0 amide bonds. The summed E-state index contributed by atoms with van der Waals surface area (Å²) in [5.41, 5.74) is 16.3. The van der Waals surface area contributed by atoms with Crippen molar-refractivity contribution in [1.29, 1.82) is 0 Å². The number of aromatic nitrogens is 2. The first-order chi connectivity index (χ1) is 13.5. The minimum absolute atomic E-state index is 0.0826. The lowest BCUT2D eigenvalue weighted by Crippen LogP contribution is -2.36. The van der Waals surface area contributed by atoms with Crippen LogP contribution in [0.1, 0.15) is 23.7 Å². The Labute approximate surface area is 167 Å². The van der Waals surface area contributed by atoms with Crippen molar-refractivity contribution < 1.29 is 4.74 Å². The van der Waals surface area contributed by atoms with Gasteiger partial charge in [-0.15, -0.1) is 0 Å². The van der Waals surface area contributed by atoms with Gasteiger partial charge >= 0.3 is 0 Å². The summed E-state index contributed by atoms with van der Waals surface area (Å²) in [6, 6.07) is 12.0. The summed E-state index contributed by atoms with van der Waals surface area (Å²) >= 11 is 1.56. The molecule has 2 unspecified atom stereocenters. The van der Waals surface area contributed by atoms with Gasteiger partial charge in [0.1, 0.15) is 17.1 Å². The molecule has 0 aliphatic carbocycles. The highest BCUT2D eigenvalue weighted by molar-refractivity contribution is 8.14. The molecule has 0 radical (unpaired) electrons. The quantitative estimate of drug-likeness (QED) is 0.656. The van der Waals surface area contributed by atoms with Crippen LogP contribution >= 0.6 is 11.8 Å². The molecule has 0 bridgehead atoms. The fraction of sp³-hybridized carbons (Fsp3) is 0.190. The van der Waals surface area contributed by atoms with E-state index in [0.29, 0.717) is 16.7 Å². The summed E-state index contributed by atoms with van der Waals surface area (Å²) in [7, 11) is 0. The summed E-state index contributed by atoms with van der Waals surface area (Å²) < 4.78 is 6.27. The zero-order valence-corrected chi connectivity index (χ0v) is 16.3. The predicted octanol–water partition coefficient (Wildman–Crippen LogP) is 3.83. The molecule has 2 aliphatic heterocycles. The Kier molecular flexibility index (Phi) is 3.64. The molecular formula is C21H19N5OS. The first-order valence-corrected chi connectivity index (χ1v) is 9.89. The highest BCUT2D eigenvalue weighted by Gasteiger charge is 2.51. The van der Waals surface area contributed by atoms with Crippen LogP contribution < -0.4 is 16.2 Å². The lowest BCUT2D eigenvalue weighted by molar-refractivity contribution is 0.394. The molecule has 2 atom stereocenters. The predicted molar refractivity (Wildman–Crippen MR) is 113 cm³/mol. The minimum atomic E-state index is -0.669. The van der Waals surface area contributed by atoms with Gasteiger partial charge in [-0.25, -0.2) is 9.98 Å². The monoisotopic (exact) mass is 389 g/mol. The number of pyridine rings is 2. The second-order valence-electron chi connectivity index (χ2n) is 7.04. The Hall–Kier alpha value is -3.06. The van der Waals surface area contributed by atoms with Crippen molar-refractivity contribution in [2.75, 3.05) is 5.73 Å². The van der Waals surface area contributed by atoms with Gasteiger partial charge in [0, 0.05) is 34.3 Å². The third-order valence-electron chi connectivity index (χ3n) is 5.34. The highest BCUT2D eigenvalue weighted by Crippen LogP contribution is 2.57. The summed E-state index contributed by atoms with van der Waals surface area (Å²) in [5.74, 6) is 1.92. The number of thioether (sulfide) groups is 1. The molecule has 4 heterocycles. The molecule has 2 aromatic heterocycles. The fourth-order valence-electron chi connectivity index (χ4n) is 4.10. The molecule has 140 valence electrons. The van der Waals surface area contributed by atoms with E-state index in [1.54, 1.807) is 18.0 Å². The number of fused-ring (bicyclic) bond motifs is 4. The van der Waals surface area contributed by atoms with Crippen LogP contribution in [0.3, 0.4) is 0 Å². The first kappa shape index (κ1) is 17.1. The van der Waals surface area contributed by atoms with Crippen molar-refractivity contribution in [2.45, 2.75) is 24.6 Å². The van der Waals surface area contributed by atoms with E-state index in [0.717, 1.165) is 33.7 Å². The van der Waals surface area contributed by atoms with Gasteiger partial charge in [0.05, 0.1) is 5.69 Å². The van der Waals surface area contributed by atoms with Crippen LogP contribution in [0.2, 0.25) is 0 Å². The van der Waals surface area contributed by atoms with Gasteiger partial charge < -0.3 is 16.2 Å². The van der Waals surface area contributed by atoms with E-state index in [1.165, 1.54) is 0 Å². The number of ether oxygens (including phenoxy) is 1. The zero-order chi connectivity index (χ0) is 19.5. The molecule has 3 aromatic rings. The van der Waals surface area contributed by atoms with Crippen LogP contribution in [0, 0.1) is 6.92 Å². The van der Waals surface area contributed by atoms with Gasteiger partial charge in [0.2, 0.25) is 0 Å². The van der Waals surface area contributed by atoms with Gasteiger partial charge in [-0.3, -0.25) is 4.98 Å². The third-order valence-corrected chi connectivity index (χ3v) is 6.37. The van der Waals surface area contributed by atoms with Crippen LogP contribution in [0.4, 0.5) is 5.82 Å². The van der Waals surface area contributed by atoms with Crippen molar-refractivity contribution in [3.05, 3.63) is 65.6 Å². The van der Waals surface area contributed by atoms with Crippen molar-refractivity contribution in [3.8, 4) is 22.6 Å². The molecule has 0 saturated heterocycles. The van der Waals surface area contributed by atoms with Gasteiger partial charge in [0.15, 0.2) is 10.9 Å². The smallest absolute Gasteiger partial charge is 0.155 e. The number of rotatable bonds is 1. The number of aliphatic imine (C=N–C) groups is 1. The van der Waals surface area contributed by atoms with Crippen molar-refractivity contribution in [3.63, 3.8) is 0 Å². The molecule has 2 aliphatic rings. The number of aryl methyl sites for hydroxylation is 1. The Morgan fingerprint density at radius 1 is 1.11 bits per heavy atom. The van der Waals surface area contributed by atoms with Crippen LogP contribution in [-0.2, 0) is 5.54 Å². The Balaban J connectivity index is 1.81. The van der Waals surface area contributed by atoms with E-state index >= 15 is 0 Å². The van der Waals surface area contributed by atoms with Crippen LogP contribution in [0.5, 0.6) is 11.5 Å². The number of hydrogen-bond donors (Lipinski definition) is 2. The van der Waals surface area contributed by atoms with Crippen molar-refractivity contribution >= 4 is 22.7 Å². The van der Waals surface area contributed by atoms with Gasteiger partial charge in [-0.1, -0.05) is 23.9 Å². The average molecular weight is 389 g/mol. The van der Waals surface area contributed by atoms with Crippen molar-refractivity contribution in [1.82, 2.24) is 9.97 Å². The molecule has 0 fully saturated rings. The fourth-order valence-corrected chi connectivity index (χ4v) is 5.13. The maximum absolute atomic E-state index is 6.27. The average Bonchev–Trinajstić information content (AvgIpc) is 2.98. The topological polar surface area (TPSA) is 99.4 Å². The van der Waals surface area contributed by atoms with E-state index in [1.807, 2.05) is 43.5 Å². The van der Waals surface area contributed by atoms with E-state index in [4.69, 9.17) is 21.2 Å². The Morgan fingerprint density at radius 2 is 1.96 bits per heavy atom. The molecule has 0 saturated carbocycles. The van der Waals surface area contributed by atoms with Crippen molar-refractivity contribution in [2.24, 2.45) is 10.7 Å². The standard InChI is InChI=1S/C21H19N5OS/c1-11-19-16(9-18(22)25-11)21(12(2)28-20(23)26-21)15-8-13(5-6-17(15)27-19)14-4-3-7-24-10-14/h3-10,12H,1-2H3,(H2,22,25)(H2,23,26). The highest BCUT2D eigenvalue weighted by atomic mass is 32.2. The summed E-state index contributed by atoms with van der Waals surface area (Å²) in [6.45, 7) is 4.04. The van der Waals surface area contributed by atoms with E-state index in [2.05, 4.69) is 23.0 Å². The molecule has 7 heteroatoms. The molecular weight excluding hydrogens is 370 g/mol. The number of nitrogen functional groups attached to an aromatic ring is 1. The van der Waals surface area contributed by atoms with Gasteiger partial charge in [-0.2, -0.15) is 0 Å². The van der Waals surface area contributed by atoms with Crippen LogP contribution in [0.25, 0.3) is 11.1 Å². The molecule has 4 N–H and O–H groups in total. The SMILES string of the molecule is Cc1nc(N)cc2c1Oc1ccc(-c3cccnc3)cc1C21N=C(N)SC1C. The largest absolute Gasteiger partial charge is 0.455 e. The molecule has 1 spiro atoms.